The second-order valence-electron chi connectivity index (χ2n) is 5.41. The Hall–Kier alpha value is -2.20. The summed E-state index contributed by atoms with van der Waals surface area (Å²) in [4.78, 5) is 12.3. The molecule has 0 bridgehead atoms. The van der Waals surface area contributed by atoms with Crippen molar-refractivity contribution >= 4 is 28.9 Å². The molecule has 0 fully saturated rings. The molecule has 0 saturated carbocycles. The fourth-order valence-electron chi connectivity index (χ4n) is 2.55. The van der Waals surface area contributed by atoms with Crippen LogP contribution in [0.25, 0.3) is 0 Å². The van der Waals surface area contributed by atoms with Gasteiger partial charge in [0.15, 0.2) is 0 Å². The predicted octanol–water partition coefficient (Wildman–Crippen LogP) is 4.52. The lowest BCUT2D eigenvalue weighted by molar-refractivity contribution is -0.114. The highest BCUT2D eigenvalue weighted by molar-refractivity contribution is 6.32. The van der Waals surface area contributed by atoms with Gasteiger partial charge < -0.3 is 15.4 Å². The third-order valence-corrected chi connectivity index (χ3v) is 4.16. The van der Waals surface area contributed by atoms with Crippen LogP contribution in [0.1, 0.15) is 25.0 Å². The van der Waals surface area contributed by atoms with Crippen molar-refractivity contribution in [2.75, 3.05) is 24.3 Å². The predicted molar refractivity (Wildman–Crippen MR) is 100 cm³/mol. The van der Waals surface area contributed by atoms with Gasteiger partial charge in [-0.1, -0.05) is 43.6 Å². The van der Waals surface area contributed by atoms with E-state index in [1.807, 2.05) is 24.3 Å². The second-order valence-corrected chi connectivity index (χ2v) is 5.82. The summed E-state index contributed by atoms with van der Waals surface area (Å²) >= 11 is 6.09. The average Bonchev–Trinajstić information content (AvgIpc) is 2.60. The van der Waals surface area contributed by atoms with Crippen LogP contribution in [0.5, 0.6) is 5.75 Å². The summed E-state index contributed by atoms with van der Waals surface area (Å²) in [5.74, 6) is 0.522. The molecule has 4 nitrogen and oxygen atoms in total. The van der Waals surface area contributed by atoms with Crippen LogP contribution in [0.3, 0.4) is 0 Å². The maximum atomic E-state index is 12.3. The van der Waals surface area contributed by atoms with Crippen LogP contribution in [0.2, 0.25) is 5.02 Å². The summed E-state index contributed by atoms with van der Waals surface area (Å²) in [6, 6.07) is 11.5. The maximum Gasteiger partial charge on any atom is 0.243 e. The monoisotopic (exact) mass is 346 g/mol. The number of amides is 1. The minimum absolute atomic E-state index is 0.0856. The molecule has 2 aromatic carbocycles. The number of para-hydroxylation sites is 1. The fourth-order valence-corrected chi connectivity index (χ4v) is 2.80. The van der Waals surface area contributed by atoms with Crippen molar-refractivity contribution in [3.8, 4) is 5.75 Å². The normalized spacial score (nSPS) is 10.3. The number of methoxy groups -OCH3 is 1. The molecule has 0 atom stereocenters. The van der Waals surface area contributed by atoms with E-state index in [1.165, 1.54) is 0 Å². The van der Waals surface area contributed by atoms with E-state index >= 15 is 0 Å². The molecule has 0 saturated heterocycles. The van der Waals surface area contributed by atoms with E-state index in [1.54, 1.807) is 19.2 Å². The van der Waals surface area contributed by atoms with E-state index in [2.05, 4.69) is 24.5 Å². The van der Waals surface area contributed by atoms with Crippen LogP contribution < -0.4 is 15.4 Å². The van der Waals surface area contributed by atoms with Crippen molar-refractivity contribution in [1.29, 1.82) is 0 Å². The summed E-state index contributed by atoms with van der Waals surface area (Å²) in [5.41, 5.74) is 4.00. The van der Waals surface area contributed by atoms with E-state index in [9.17, 15) is 4.79 Å². The number of hydrogen-bond donors (Lipinski definition) is 2. The van der Waals surface area contributed by atoms with Gasteiger partial charge in [-0.05, 0) is 42.2 Å². The highest BCUT2D eigenvalue weighted by atomic mass is 35.5. The third kappa shape index (κ3) is 4.42. The summed E-state index contributed by atoms with van der Waals surface area (Å²) in [7, 11) is 1.57. The highest BCUT2D eigenvalue weighted by Gasteiger charge is 2.10. The quantitative estimate of drug-likeness (QED) is 0.774. The summed E-state index contributed by atoms with van der Waals surface area (Å²) in [6.07, 6.45) is 1.76. The zero-order valence-electron chi connectivity index (χ0n) is 14.3. The SMILES string of the molecule is CCc1cccc(CC)c1NC(=O)CNc1ccc(OC)c(Cl)c1. The largest absolute Gasteiger partial charge is 0.495 e. The molecule has 0 heterocycles. The number of halogens is 1. The zero-order chi connectivity index (χ0) is 17.5. The minimum atomic E-state index is -0.0856. The van der Waals surface area contributed by atoms with Gasteiger partial charge in [-0.3, -0.25) is 4.79 Å². The van der Waals surface area contributed by atoms with Crippen LogP contribution in [-0.4, -0.2) is 19.6 Å². The smallest absolute Gasteiger partial charge is 0.243 e. The lowest BCUT2D eigenvalue weighted by Gasteiger charge is -2.15. The Morgan fingerprint density at radius 3 is 2.33 bits per heavy atom. The molecule has 2 N–H and O–H groups in total. The Morgan fingerprint density at radius 1 is 1.12 bits per heavy atom. The molecule has 0 unspecified atom stereocenters. The number of nitrogens with one attached hydrogen (secondary N) is 2. The van der Waals surface area contributed by atoms with E-state index in [0.29, 0.717) is 10.8 Å². The number of anilines is 2. The van der Waals surface area contributed by atoms with Crippen LogP contribution in [0.15, 0.2) is 36.4 Å². The van der Waals surface area contributed by atoms with Crippen molar-refractivity contribution < 1.29 is 9.53 Å². The molecule has 0 aliphatic carbocycles. The number of carbonyl (C=O) groups is 1. The highest BCUT2D eigenvalue weighted by Crippen LogP contribution is 2.27. The summed E-state index contributed by atoms with van der Waals surface area (Å²) in [5, 5.41) is 6.62. The van der Waals surface area contributed by atoms with E-state index < -0.39 is 0 Å². The third-order valence-electron chi connectivity index (χ3n) is 3.87. The number of carbonyl (C=O) groups excluding carboxylic acids is 1. The van der Waals surface area contributed by atoms with Gasteiger partial charge in [0.05, 0.1) is 18.7 Å². The molecule has 2 aromatic rings. The Balaban J connectivity index is 2.03. The molecule has 5 heteroatoms. The lowest BCUT2D eigenvalue weighted by Crippen LogP contribution is -2.23. The van der Waals surface area contributed by atoms with Gasteiger partial charge in [-0.2, -0.15) is 0 Å². The van der Waals surface area contributed by atoms with Crippen LogP contribution in [0, 0.1) is 0 Å². The Morgan fingerprint density at radius 2 is 1.79 bits per heavy atom. The van der Waals surface area contributed by atoms with Crippen LogP contribution in [0.4, 0.5) is 11.4 Å². The minimum Gasteiger partial charge on any atom is -0.495 e. The van der Waals surface area contributed by atoms with Crippen molar-refractivity contribution in [2.24, 2.45) is 0 Å². The molecule has 1 amide bonds. The Bertz CT molecular complexity index is 694. The topological polar surface area (TPSA) is 50.4 Å². The van der Waals surface area contributed by atoms with Gasteiger partial charge in [0.25, 0.3) is 0 Å². The number of hydrogen-bond acceptors (Lipinski definition) is 3. The maximum absolute atomic E-state index is 12.3. The van der Waals surface area contributed by atoms with Gasteiger partial charge in [0.2, 0.25) is 5.91 Å². The number of benzene rings is 2. The average molecular weight is 347 g/mol. The molecule has 0 aliphatic rings. The van der Waals surface area contributed by atoms with Crippen molar-refractivity contribution in [2.45, 2.75) is 26.7 Å². The second kappa shape index (κ2) is 8.60. The molecule has 0 spiro atoms. The molecule has 0 aromatic heterocycles. The van der Waals surface area contributed by atoms with E-state index in [4.69, 9.17) is 16.3 Å². The van der Waals surface area contributed by atoms with E-state index in [0.717, 1.165) is 35.3 Å². The number of aryl methyl sites for hydroxylation is 2. The van der Waals surface area contributed by atoms with Crippen molar-refractivity contribution in [1.82, 2.24) is 0 Å². The lowest BCUT2D eigenvalue weighted by atomic mass is 10.0. The standard InChI is InChI=1S/C19H23ClN2O2/c1-4-13-7-6-8-14(5-2)19(13)22-18(23)12-21-15-9-10-17(24-3)16(20)11-15/h6-11,21H,4-5,12H2,1-3H3,(H,22,23). The number of rotatable bonds is 7. The van der Waals surface area contributed by atoms with Gasteiger partial charge in [0, 0.05) is 11.4 Å². The Kier molecular flexibility index (Phi) is 6.50. The number of ether oxygens (including phenoxy) is 1. The Labute approximate surface area is 148 Å². The molecule has 0 radical (unpaired) electrons. The van der Waals surface area contributed by atoms with Crippen LogP contribution >= 0.6 is 11.6 Å². The first-order valence-corrected chi connectivity index (χ1v) is 8.44. The molecular formula is C19H23ClN2O2. The van der Waals surface area contributed by atoms with E-state index in [-0.39, 0.29) is 12.5 Å². The zero-order valence-corrected chi connectivity index (χ0v) is 15.0. The van der Waals surface area contributed by atoms with Crippen molar-refractivity contribution in [3.05, 3.63) is 52.5 Å². The summed E-state index contributed by atoms with van der Waals surface area (Å²) < 4.78 is 5.12. The fraction of sp³-hybridized carbons (Fsp3) is 0.316. The first kappa shape index (κ1) is 18.1. The van der Waals surface area contributed by atoms with Crippen LogP contribution in [-0.2, 0) is 17.6 Å². The van der Waals surface area contributed by atoms with Crippen molar-refractivity contribution in [3.63, 3.8) is 0 Å². The molecule has 24 heavy (non-hydrogen) atoms. The first-order valence-electron chi connectivity index (χ1n) is 8.07. The molecule has 0 aliphatic heterocycles. The summed E-state index contributed by atoms with van der Waals surface area (Å²) in [6.45, 7) is 4.34. The van der Waals surface area contributed by atoms with Gasteiger partial charge in [-0.25, -0.2) is 0 Å². The van der Waals surface area contributed by atoms with Gasteiger partial charge in [0.1, 0.15) is 5.75 Å². The molecular weight excluding hydrogens is 324 g/mol. The molecule has 128 valence electrons. The van der Waals surface area contributed by atoms with Gasteiger partial charge in [-0.15, -0.1) is 0 Å². The first-order chi connectivity index (χ1) is 11.6. The van der Waals surface area contributed by atoms with Gasteiger partial charge >= 0.3 is 0 Å². The molecule has 2 rings (SSSR count).